The molecule has 0 saturated carbocycles. The Labute approximate surface area is 157 Å². The van der Waals surface area contributed by atoms with Crippen molar-refractivity contribution in [1.29, 1.82) is 0 Å². The third-order valence-electron chi connectivity index (χ3n) is 4.52. The van der Waals surface area contributed by atoms with Crippen LogP contribution in [-0.4, -0.2) is 35.0 Å². The van der Waals surface area contributed by atoms with Gasteiger partial charge in [-0.1, -0.05) is 30.3 Å². The second-order valence-corrected chi connectivity index (χ2v) is 7.32. The molecule has 25 heavy (non-hydrogen) atoms. The van der Waals surface area contributed by atoms with Crippen molar-refractivity contribution in [3.63, 3.8) is 0 Å². The number of fused-ring (bicyclic) bond motifs is 1. The van der Waals surface area contributed by atoms with Gasteiger partial charge >= 0.3 is 5.69 Å². The van der Waals surface area contributed by atoms with Crippen LogP contribution in [0.3, 0.4) is 0 Å². The van der Waals surface area contributed by atoms with Crippen molar-refractivity contribution in [3.8, 4) is 0 Å². The first-order chi connectivity index (χ1) is 12.1. The second kappa shape index (κ2) is 7.02. The minimum atomic E-state index is -0.433. The Hall–Kier alpha value is -1.49. The standard InChI is InChI=1S/C17H17IN2O5/c18-12-7-20(17(22)19-15(12)21)11-6-13-14(23-8-11)9-24-16(25-13)10-4-2-1-3-5-10/h1-5,7,11,13-14,16H,6,8-9H2,(H,19,21,22)/t11-,13-,14+,16?/m0/s1. The Morgan fingerprint density at radius 3 is 2.68 bits per heavy atom. The van der Waals surface area contributed by atoms with Gasteiger partial charge in [0.25, 0.3) is 5.56 Å². The number of nitrogens with one attached hydrogen (secondary N) is 1. The number of benzene rings is 1. The predicted octanol–water partition coefficient (Wildman–Crippen LogP) is 1.59. The first kappa shape index (κ1) is 17.0. The fourth-order valence-corrected chi connectivity index (χ4v) is 3.65. The zero-order chi connectivity index (χ0) is 17.4. The zero-order valence-electron chi connectivity index (χ0n) is 13.3. The van der Waals surface area contributed by atoms with E-state index in [0.29, 0.717) is 23.2 Å². The van der Waals surface area contributed by atoms with Crippen LogP contribution in [0.5, 0.6) is 0 Å². The Kier molecular flexibility index (Phi) is 4.76. The smallest absolute Gasteiger partial charge is 0.328 e. The maximum atomic E-state index is 12.1. The molecule has 1 unspecified atom stereocenters. The van der Waals surface area contributed by atoms with E-state index in [1.54, 1.807) is 6.20 Å². The number of aromatic nitrogens is 2. The fraction of sp³-hybridized carbons (Fsp3) is 0.412. The van der Waals surface area contributed by atoms with Gasteiger partial charge in [0.05, 0.1) is 28.9 Å². The predicted molar refractivity (Wildman–Crippen MR) is 97.4 cm³/mol. The first-order valence-corrected chi connectivity index (χ1v) is 9.14. The maximum absolute atomic E-state index is 12.1. The highest BCUT2D eigenvalue weighted by Gasteiger charge is 2.39. The van der Waals surface area contributed by atoms with E-state index in [1.165, 1.54) is 4.57 Å². The van der Waals surface area contributed by atoms with Crippen LogP contribution in [0.4, 0.5) is 0 Å². The van der Waals surface area contributed by atoms with Crippen molar-refractivity contribution in [2.45, 2.75) is 31.0 Å². The lowest BCUT2D eigenvalue weighted by Crippen LogP contribution is -2.49. The molecule has 2 aliphatic rings. The van der Waals surface area contributed by atoms with Gasteiger partial charge in [0.2, 0.25) is 0 Å². The Balaban J connectivity index is 1.54. The summed E-state index contributed by atoms with van der Waals surface area (Å²) in [6.45, 7) is 0.834. The van der Waals surface area contributed by atoms with Crippen molar-refractivity contribution in [2.75, 3.05) is 13.2 Å². The van der Waals surface area contributed by atoms with Gasteiger partial charge in [-0.3, -0.25) is 14.3 Å². The van der Waals surface area contributed by atoms with Crippen LogP contribution in [0.25, 0.3) is 0 Å². The maximum Gasteiger partial charge on any atom is 0.328 e. The molecule has 7 nitrogen and oxygen atoms in total. The van der Waals surface area contributed by atoms with E-state index in [0.717, 1.165) is 5.56 Å². The lowest BCUT2D eigenvalue weighted by atomic mass is 10.0. The van der Waals surface area contributed by atoms with E-state index in [4.69, 9.17) is 14.2 Å². The van der Waals surface area contributed by atoms with E-state index in [1.807, 2.05) is 52.9 Å². The number of ether oxygens (including phenoxy) is 3. The van der Waals surface area contributed by atoms with Crippen molar-refractivity contribution in [1.82, 2.24) is 9.55 Å². The molecule has 8 heteroatoms. The highest BCUT2D eigenvalue weighted by Crippen LogP contribution is 2.34. The average molecular weight is 456 g/mol. The van der Waals surface area contributed by atoms with E-state index >= 15 is 0 Å². The van der Waals surface area contributed by atoms with Crippen LogP contribution in [0.2, 0.25) is 0 Å². The van der Waals surface area contributed by atoms with E-state index < -0.39 is 12.0 Å². The van der Waals surface area contributed by atoms with Crippen LogP contribution in [0.1, 0.15) is 24.3 Å². The summed E-state index contributed by atoms with van der Waals surface area (Å²) in [7, 11) is 0. The number of nitrogens with zero attached hydrogens (tertiary/aromatic N) is 1. The van der Waals surface area contributed by atoms with Gasteiger partial charge in [0.15, 0.2) is 6.29 Å². The number of aromatic amines is 1. The SMILES string of the molecule is O=c1[nH]c(=O)n([C@@H]2CO[C@@H]3COC(c4ccccc4)O[C@H]3C2)cc1I. The molecule has 0 amide bonds. The minimum Gasteiger partial charge on any atom is -0.371 e. The zero-order valence-corrected chi connectivity index (χ0v) is 15.4. The molecule has 2 saturated heterocycles. The molecule has 3 heterocycles. The fourth-order valence-electron chi connectivity index (χ4n) is 3.22. The summed E-state index contributed by atoms with van der Waals surface area (Å²) in [5.41, 5.74) is 0.158. The van der Waals surface area contributed by atoms with E-state index in [9.17, 15) is 9.59 Å². The second-order valence-electron chi connectivity index (χ2n) is 6.16. The van der Waals surface area contributed by atoms with Gasteiger partial charge in [-0.05, 0) is 29.0 Å². The summed E-state index contributed by atoms with van der Waals surface area (Å²) >= 11 is 1.92. The molecule has 2 fully saturated rings. The van der Waals surface area contributed by atoms with Gasteiger partial charge in [0.1, 0.15) is 6.10 Å². The van der Waals surface area contributed by atoms with E-state index in [2.05, 4.69) is 4.98 Å². The number of H-pyrrole nitrogens is 1. The third-order valence-corrected chi connectivity index (χ3v) is 5.29. The summed E-state index contributed by atoms with van der Waals surface area (Å²) in [6.07, 6.45) is 1.45. The lowest BCUT2D eigenvalue weighted by molar-refractivity contribution is -0.282. The molecule has 1 N–H and O–H groups in total. The molecule has 0 bridgehead atoms. The van der Waals surface area contributed by atoms with Crippen LogP contribution in [0.15, 0.2) is 46.1 Å². The van der Waals surface area contributed by atoms with Crippen molar-refractivity contribution < 1.29 is 14.2 Å². The van der Waals surface area contributed by atoms with Crippen LogP contribution >= 0.6 is 22.6 Å². The van der Waals surface area contributed by atoms with Crippen molar-refractivity contribution >= 4 is 22.6 Å². The molecule has 1 aromatic heterocycles. The topological polar surface area (TPSA) is 82.6 Å². The van der Waals surface area contributed by atoms with Gasteiger partial charge in [-0.25, -0.2) is 4.79 Å². The lowest BCUT2D eigenvalue weighted by Gasteiger charge is -2.42. The molecule has 2 aromatic rings. The molecule has 0 spiro atoms. The number of halogens is 1. The summed E-state index contributed by atoms with van der Waals surface area (Å²) in [5, 5.41) is 0. The van der Waals surface area contributed by atoms with Gasteiger partial charge < -0.3 is 14.2 Å². The molecule has 2 aliphatic heterocycles. The number of hydrogen-bond acceptors (Lipinski definition) is 5. The van der Waals surface area contributed by atoms with E-state index in [-0.39, 0.29) is 23.8 Å². The largest absolute Gasteiger partial charge is 0.371 e. The molecule has 0 aliphatic carbocycles. The minimum absolute atomic E-state index is 0.145. The third kappa shape index (κ3) is 3.43. The quantitative estimate of drug-likeness (QED) is 0.695. The van der Waals surface area contributed by atoms with Gasteiger partial charge in [-0.2, -0.15) is 0 Å². The monoisotopic (exact) mass is 456 g/mol. The number of hydrogen-bond donors (Lipinski definition) is 1. The Bertz CT molecular complexity index is 865. The normalized spacial score (nSPS) is 29.2. The molecule has 0 radical (unpaired) electrons. The van der Waals surface area contributed by atoms with Crippen molar-refractivity contribution in [2.24, 2.45) is 0 Å². The summed E-state index contributed by atoms with van der Waals surface area (Å²) in [6, 6.07) is 9.56. The van der Waals surface area contributed by atoms with Crippen LogP contribution < -0.4 is 11.2 Å². The Morgan fingerprint density at radius 2 is 1.88 bits per heavy atom. The van der Waals surface area contributed by atoms with Gasteiger partial charge in [0, 0.05) is 11.8 Å². The first-order valence-electron chi connectivity index (χ1n) is 8.06. The van der Waals surface area contributed by atoms with Crippen molar-refractivity contribution in [3.05, 3.63) is 66.5 Å². The molecule has 1 aromatic carbocycles. The van der Waals surface area contributed by atoms with Crippen LogP contribution in [0, 0.1) is 3.57 Å². The summed E-state index contributed by atoms with van der Waals surface area (Å²) in [4.78, 5) is 26.0. The summed E-state index contributed by atoms with van der Waals surface area (Å²) in [5.74, 6) is 0. The molecule has 4 atom stereocenters. The molecule has 132 valence electrons. The number of rotatable bonds is 2. The molecule has 4 rings (SSSR count). The van der Waals surface area contributed by atoms with Gasteiger partial charge in [-0.15, -0.1) is 0 Å². The average Bonchev–Trinajstić information content (AvgIpc) is 2.64. The Morgan fingerprint density at radius 1 is 1.08 bits per heavy atom. The molecular formula is C17H17IN2O5. The molecular weight excluding hydrogens is 439 g/mol. The summed E-state index contributed by atoms with van der Waals surface area (Å²) < 4.78 is 19.7. The van der Waals surface area contributed by atoms with Crippen LogP contribution in [-0.2, 0) is 14.2 Å². The highest BCUT2D eigenvalue weighted by molar-refractivity contribution is 14.1. The highest BCUT2D eigenvalue weighted by atomic mass is 127.